The molecule has 3 heteroatoms. The van der Waals surface area contributed by atoms with Crippen molar-refractivity contribution in [3.8, 4) is 0 Å². The number of nitrogens with zero attached hydrogens (tertiary/aromatic N) is 1. The standard InChI is InChI=1S/C18H28N2O/c1-3-9-20-17(16-5-10-19-13-14(16)2)15-6-11-21-18(12-15)7-4-8-18/h5,10,13,15,17,20H,3-4,6-9,11-12H2,1-2H3. The molecule has 0 bridgehead atoms. The summed E-state index contributed by atoms with van der Waals surface area (Å²) in [4.78, 5) is 4.26. The van der Waals surface area contributed by atoms with Gasteiger partial charge in [0.25, 0.3) is 0 Å². The smallest absolute Gasteiger partial charge is 0.0686 e. The predicted octanol–water partition coefficient (Wildman–Crippen LogP) is 3.78. The fourth-order valence-electron chi connectivity index (χ4n) is 3.93. The first-order chi connectivity index (χ1) is 10.2. The second-order valence-corrected chi connectivity index (χ2v) is 6.80. The second kappa shape index (κ2) is 6.45. The van der Waals surface area contributed by atoms with Crippen LogP contribution >= 0.6 is 0 Å². The lowest BCUT2D eigenvalue weighted by Crippen LogP contribution is -2.48. The van der Waals surface area contributed by atoms with Gasteiger partial charge >= 0.3 is 0 Å². The largest absolute Gasteiger partial charge is 0.375 e. The number of nitrogens with one attached hydrogen (secondary N) is 1. The van der Waals surface area contributed by atoms with Gasteiger partial charge in [-0.25, -0.2) is 0 Å². The Labute approximate surface area is 128 Å². The summed E-state index contributed by atoms with van der Waals surface area (Å²) in [5, 5.41) is 3.80. The number of aromatic nitrogens is 1. The zero-order chi connectivity index (χ0) is 14.7. The van der Waals surface area contributed by atoms with E-state index in [1.165, 1.54) is 49.7 Å². The number of ether oxygens (including phenoxy) is 1. The molecule has 1 spiro atoms. The second-order valence-electron chi connectivity index (χ2n) is 6.80. The Kier molecular flexibility index (Phi) is 4.60. The summed E-state index contributed by atoms with van der Waals surface area (Å²) >= 11 is 0. The van der Waals surface area contributed by atoms with E-state index in [-0.39, 0.29) is 5.60 Å². The first kappa shape index (κ1) is 15.0. The quantitative estimate of drug-likeness (QED) is 0.895. The van der Waals surface area contributed by atoms with Crippen LogP contribution in [0.3, 0.4) is 0 Å². The molecule has 116 valence electrons. The minimum atomic E-state index is 0.218. The van der Waals surface area contributed by atoms with E-state index in [2.05, 4.69) is 30.2 Å². The first-order valence-electron chi connectivity index (χ1n) is 8.52. The van der Waals surface area contributed by atoms with Gasteiger partial charge in [-0.05, 0) is 75.1 Å². The van der Waals surface area contributed by atoms with Crippen molar-refractivity contribution in [2.75, 3.05) is 13.2 Å². The van der Waals surface area contributed by atoms with Crippen molar-refractivity contribution in [2.45, 2.75) is 64.0 Å². The van der Waals surface area contributed by atoms with Gasteiger partial charge in [0.05, 0.1) is 5.60 Å². The maximum atomic E-state index is 6.11. The van der Waals surface area contributed by atoms with E-state index < -0.39 is 0 Å². The van der Waals surface area contributed by atoms with Crippen LogP contribution in [0.4, 0.5) is 0 Å². The van der Waals surface area contributed by atoms with Gasteiger partial charge in [-0.1, -0.05) is 6.92 Å². The van der Waals surface area contributed by atoms with Crippen LogP contribution in [0.25, 0.3) is 0 Å². The lowest BCUT2D eigenvalue weighted by atomic mass is 9.69. The molecule has 0 aromatic carbocycles. The van der Waals surface area contributed by atoms with Crippen LogP contribution in [0.2, 0.25) is 0 Å². The van der Waals surface area contributed by atoms with Gasteiger partial charge < -0.3 is 10.1 Å². The molecule has 1 aromatic rings. The molecule has 3 rings (SSSR count). The van der Waals surface area contributed by atoms with Crippen LogP contribution in [-0.4, -0.2) is 23.7 Å². The van der Waals surface area contributed by atoms with Gasteiger partial charge in [0.15, 0.2) is 0 Å². The van der Waals surface area contributed by atoms with Gasteiger partial charge in [-0.2, -0.15) is 0 Å². The molecule has 1 aromatic heterocycles. The van der Waals surface area contributed by atoms with Crippen molar-refractivity contribution >= 4 is 0 Å². The maximum Gasteiger partial charge on any atom is 0.0686 e. The highest BCUT2D eigenvalue weighted by Gasteiger charge is 2.44. The van der Waals surface area contributed by atoms with Crippen molar-refractivity contribution in [3.63, 3.8) is 0 Å². The molecule has 0 amide bonds. The Morgan fingerprint density at radius 3 is 3.00 bits per heavy atom. The van der Waals surface area contributed by atoms with Crippen molar-refractivity contribution in [2.24, 2.45) is 5.92 Å². The average Bonchev–Trinajstić information content (AvgIpc) is 2.48. The Bertz CT molecular complexity index is 470. The number of pyridine rings is 1. The summed E-state index contributed by atoms with van der Waals surface area (Å²) in [6.07, 6.45) is 11.4. The predicted molar refractivity (Wildman–Crippen MR) is 85.3 cm³/mol. The molecule has 21 heavy (non-hydrogen) atoms. The molecular weight excluding hydrogens is 260 g/mol. The monoisotopic (exact) mass is 288 g/mol. The van der Waals surface area contributed by atoms with E-state index in [0.717, 1.165) is 13.2 Å². The van der Waals surface area contributed by atoms with E-state index in [0.29, 0.717) is 12.0 Å². The zero-order valence-corrected chi connectivity index (χ0v) is 13.4. The lowest BCUT2D eigenvalue weighted by molar-refractivity contribution is -0.147. The van der Waals surface area contributed by atoms with Crippen LogP contribution in [0.1, 0.15) is 62.6 Å². The molecule has 0 radical (unpaired) electrons. The van der Waals surface area contributed by atoms with Crippen LogP contribution in [0, 0.1) is 12.8 Å². The molecule has 1 aliphatic heterocycles. The summed E-state index contributed by atoms with van der Waals surface area (Å²) in [5.74, 6) is 0.687. The van der Waals surface area contributed by atoms with Crippen molar-refractivity contribution in [1.82, 2.24) is 10.3 Å². The van der Waals surface area contributed by atoms with E-state index in [1.807, 2.05) is 12.4 Å². The molecule has 1 aliphatic carbocycles. The van der Waals surface area contributed by atoms with Crippen LogP contribution in [-0.2, 0) is 4.74 Å². The number of hydrogen-bond acceptors (Lipinski definition) is 3. The SMILES string of the molecule is CCCNC(c1ccncc1C)C1CCOC2(CCC2)C1. The van der Waals surface area contributed by atoms with Crippen molar-refractivity contribution in [1.29, 1.82) is 0 Å². The molecule has 1 N–H and O–H groups in total. The molecule has 2 atom stereocenters. The highest BCUT2D eigenvalue weighted by atomic mass is 16.5. The Morgan fingerprint density at radius 1 is 1.48 bits per heavy atom. The topological polar surface area (TPSA) is 34.2 Å². The summed E-state index contributed by atoms with van der Waals surface area (Å²) in [6.45, 7) is 6.43. The molecule has 1 saturated heterocycles. The number of aryl methyl sites for hydroxylation is 1. The van der Waals surface area contributed by atoms with Gasteiger partial charge in [0.1, 0.15) is 0 Å². The van der Waals surface area contributed by atoms with Gasteiger partial charge in [-0.15, -0.1) is 0 Å². The van der Waals surface area contributed by atoms with E-state index in [9.17, 15) is 0 Å². The van der Waals surface area contributed by atoms with E-state index in [1.54, 1.807) is 0 Å². The normalized spacial score (nSPS) is 25.5. The number of rotatable bonds is 5. The molecular formula is C18H28N2O. The molecule has 2 heterocycles. The first-order valence-corrected chi connectivity index (χ1v) is 8.52. The Hall–Kier alpha value is -0.930. The van der Waals surface area contributed by atoms with Gasteiger partial charge in [0.2, 0.25) is 0 Å². The molecule has 2 unspecified atom stereocenters. The van der Waals surface area contributed by atoms with Crippen LogP contribution in [0.5, 0.6) is 0 Å². The highest BCUT2D eigenvalue weighted by Crippen LogP contribution is 2.47. The lowest BCUT2D eigenvalue weighted by Gasteiger charge is -2.49. The minimum absolute atomic E-state index is 0.218. The summed E-state index contributed by atoms with van der Waals surface area (Å²) < 4.78 is 6.11. The molecule has 2 aliphatic rings. The Balaban J connectivity index is 1.80. The third-order valence-corrected chi connectivity index (χ3v) is 5.28. The zero-order valence-electron chi connectivity index (χ0n) is 13.4. The fourth-order valence-corrected chi connectivity index (χ4v) is 3.93. The van der Waals surface area contributed by atoms with E-state index >= 15 is 0 Å². The summed E-state index contributed by atoms with van der Waals surface area (Å²) in [6, 6.07) is 2.65. The number of hydrogen-bond donors (Lipinski definition) is 1. The summed E-state index contributed by atoms with van der Waals surface area (Å²) in [5.41, 5.74) is 2.95. The van der Waals surface area contributed by atoms with Crippen molar-refractivity contribution in [3.05, 3.63) is 29.6 Å². The minimum Gasteiger partial charge on any atom is -0.375 e. The van der Waals surface area contributed by atoms with E-state index in [4.69, 9.17) is 4.74 Å². The van der Waals surface area contributed by atoms with Crippen molar-refractivity contribution < 1.29 is 4.74 Å². The molecule has 3 nitrogen and oxygen atoms in total. The third kappa shape index (κ3) is 3.14. The fraction of sp³-hybridized carbons (Fsp3) is 0.722. The van der Waals surface area contributed by atoms with Gasteiger partial charge in [-0.3, -0.25) is 4.98 Å². The average molecular weight is 288 g/mol. The molecule has 2 fully saturated rings. The van der Waals surface area contributed by atoms with Gasteiger partial charge in [0, 0.05) is 25.0 Å². The molecule has 1 saturated carbocycles. The Morgan fingerprint density at radius 2 is 2.33 bits per heavy atom. The third-order valence-electron chi connectivity index (χ3n) is 5.28. The van der Waals surface area contributed by atoms with Crippen LogP contribution < -0.4 is 5.32 Å². The summed E-state index contributed by atoms with van der Waals surface area (Å²) in [7, 11) is 0. The highest BCUT2D eigenvalue weighted by molar-refractivity contribution is 5.26. The van der Waals surface area contributed by atoms with Crippen LogP contribution in [0.15, 0.2) is 18.5 Å². The maximum absolute atomic E-state index is 6.11.